The van der Waals surface area contributed by atoms with Gasteiger partial charge >= 0.3 is 0 Å². The molecule has 1 N–H and O–H groups in total. The number of rotatable bonds is 5. The van der Waals surface area contributed by atoms with Crippen LogP contribution in [0.2, 0.25) is 0 Å². The molecule has 1 amide bonds. The van der Waals surface area contributed by atoms with Crippen LogP contribution in [0.5, 0.6) is 0 Å². The molecule has 0 bridgehead atoms. The van der Waals surface area contributed by atoms with Gasteiger partial charge < -0.3 is 9.84 Å². The molecule has 1 aliphatic heterocycles. The van der Waals surface area contributed by atoms with Crippen LogP contribution in [-0.4, -0.2) is 48.1 Å². The maximum Gasteiger partial charge on any atom is 0.248 e. The van der Waals surface area contributed by atoms with Gasteiger partial charge in [-0.1, -0.05) is 5.16 Å². The monoisotopic (exact) mass is 410 g/mol. The number of carbonyl (C=O) groups excluding carboxylic acids is 1. The van der Waals surface area contributed by atoms with Crippen molar-refractivity contribution in [2.45, 2.75) is 36.6 Å². The second-order valence-electron chi connectivity index (χ2n) is 6.43. The molecular weight excluding hydrogens is 388 g/mol. The van der Waals surface area contributed by atoms with Crippen LogP contribution in [0.3, 0.4) is 0 Å². The van der Waals surface area contributed by atoms with Gasteiger partial charge in [-0.2, -0.15) is 4.31 Å². The van der Waals surface area contributed by atoms with Crippen LogP contribution in [0, 0.1) is 19.8 Å². The van der Waals surface area contributed by atoms with E-state index >= 15 is 0 Å². The number of amides is 1. The minimum Gasteiger partial charge on any atom is -0.360 e. The van der Waals surface area contributed by atoms with Crippen molar-refractivity contribution in [3.05, 3.63) is 29.8 Å². The van der Waals surface area contributed by atoms with E-state index in [0.29, 0.717) is 30.8 Å². The molecule has 3 rings (SSSR count). The van der Waals surface area contributed by atoms with E-state index in [9.17, 15) is 13.2 Å². The summed E-state index contributed by atoms with van der Waals surface area (Å²) in [6, 6.07) is 3.62. The molecule has 0 spiro atoms. The van der Waals surface area contributed by atoms with E-state index < -0.39 is 15.9 Å². The lowest BCUT2D eigenvalue weighted by Gasteiger charge is -2.31. The SMILES string of the molecule is CSc1ccc(NC(=O)C2CCCN(S(=O)(=O)c3c(C)noc3C)C2)cn1. The number of nitrogens with zero attached hydrogens (tertiary/aromatic N) is 3. The van der Waals surface area contributed by atoms with Crippen molar-refractivity contribution >= 4 is 33.4 Å². The van der Waals surface area contributed by atoms with Gasteiger partial charge in [0.2, 0.25) is 15.9 Å². The summed E-state index contributed by atoms with van der Waals surface area (Å²) in [5, 5.41) is 7.43. The highest BCUT2D eigenvalue weighted by Crippen LogP contribution is 2.28. The average molecular weight is 411 g/mol. The Morgan fingerprint density at radius 1 is 1.37 bits per heavy atom. The first-order valence-electron chi connectivity index (χ1n) is 8.57. The number of sulfonamides is 1. The minimum atomic E-state index is -3.75. The molecule has 0 radical (unpaired) electrons. The van der Waals surface area contributed by atoms with Crippen molar-refractivity contribution in [3.63, 3.8) is 0 Å². The number of aromatic nitrogens is 2. The van der Waals surface area contributed by atoms with E-state index in [4.69, 9.17) is 4.52 Å². The van der Waals surface area contributed by atoms with Crippen LogP contribution < -0.4 is 5.32 Å². The highest BCUT2D eigenvalue weighted by molar-refractivity contribution is 7.98. The summed E-state index contributed by atoms with van der Waals surface area (Å²) in [4.78, 5) is 16.9. The van der Waals surface area contributed by atoms with Gasteiger partial charge in [0.15, 0.2) is 5.76 Å². The number of nitrogens with one attached hydrogen (secondary N) is 1. The maximum absolute atomic E-state index is 13.0. The molecule has 0 aromatic carbocycles. The van der Waals surface area contributed by atoms with Crippen LogP contribution in [-0.2, 0) is 14.8 Å². The second kappa shape index (κ2) is 7.99. The van der Waals surface area contributed by atoms with Crippen molar-refractivity contribution < 1.29 is 17.7 Å². The summed E-state index contributed by atoms with van der Waals surface area (Å²) in [5.41, 5.74) is 0.933. The number of anilines is 1. The molecule has 1 atom stereocenters. The van der Waals surface area contributed by atoms with Crippen molar-refractivity contribution in [1.82, 2.24) is 14.4 Å². The molecule has 146 valence electrons. The van der Waals surface area contributed by atoms with Crippen LogP contribution in [0.4, 0.5) is 5.69 Å². The van der Waals surface area contributed by atoms with Crippen LogP contribution >= 0.6 is 11.8 Å². The van der Waals surface area contributed by atoms with Crippen molar-refractivity contribution in [1.29, 1.82) is 0 Å². The molecule has 2 aromatic heterocycles. The Hall–Kier alpha value is -1.91. The van der Waals surface area contributed by atoms with Crippen molar-refractivity contribution in [3.8, 4) is 0 Å². The first-order chi connectivity index (χ1) is 12.8. The zero-order valence-electron chi connectivity index (χ0n) is 15.4. The number of hydrogen-bond acceptors (Lipinski definition) is 7. The van der Waals surface area contributed by atoms with E-state index in [0.717, 1.165) is 5.03 Å². The number of hydrogen-bond donors (Lipinski definition) is 1. The number of pyridine rings is 1. The summed E-state index contributed by atoms with van der Waals surface area (Å²) in [7, 11) is -3.75. The van der Waals surface area contributed by atoms with Gasteiger partial charge in [0.05, 0.1) is 22.8 Å². The third kappa shape index (κ3) is 4.17. The van der Waals surface area contributed by atoms with Crippen LogP contribution in [0.25, 0.3) is 0 Å². The maximum atomic E-state index is 13.0. The Kier molecular flexibility index (Phi) is 5.87. The zero-order chi connectivity index (χ0) is 19.6. The third-order valence-electron chi connectivity index (χ3n) is 4.53. The topological polar surface area (TPSA) is 105 Å². The summed E-state index contributed by atoms with van der Waals surface area (Å²) < 4.78 is 32.3. The predicted molar refractivity (Wildman–Crippen MR) is 102 cm³/mol. The first kappa shape index (κ1) is 19.8. The standard InChI is InChI=1S/C17H22N4O4S2/c1-11-16(12(2)25-20-11)27(23,24)21-8-4-5-13(10-21)17(22)19-14-6-7-15(26-3)18-9-14/h6-7,9,13H,4-5,8,10H2,1-3H3,(H,19,22). The molecule has 1 unspecified atom stereocenters. The Labute approximate surface area is 162 Å². The summed E-state index contributed by atoms with van der Waals surface area (Å²) >= 11 is 1.52. The molecule has 3 heterocycles. The quantitative estimate of drug-likeness (QED) is 0.755. The summed E-state index contributed by atoms with van der Waals surface area (Å²) in [6.07, 6.45) is 4.78. The molecule has 0 saturated carbocycles. The lowest BCUT2D eigenvalue weighted by atomic mass is 9.99. The fourth-order valence-electron chi connectivity index (χ4n) is 3.17. The Balaban J connectivity index is 1.72. The number of piperidine rings is 1. The Morgan fingerprint density at radius 3 is 2.74 bits per heavy atom. The molecule has 1 saturated heterocycles. The average Bonchev–Trinajstić information content (AvgIpc) is 3.01. The first-order valence-corrected chi connectivity index (χ1v) is 11.2. The van der Waals surface area contributed by atoms with Gasteiger partial charge in [0, 0.05) is 13.1 Å². The Bertz CT molecular complexity index is 905. The third-order valence-corrected chi connectivity index (χ3v) is 7.30. The van der Waals surface area contributed by atoms with E-state index in [1.807, 2.05) is 12.3 Å². The van der Waals surface area contributed by atoms with E-state index in [1.54, 1.807) is 26.1 Å². The Morgan fingerprint density at radius 2 is 2.15 bits per heavy atom. The molecule has 10 heteroatoms. The van der Waals surface area contributed by atoms with Gasteiger partial charge in [-0.25, -0.2) is 13.4 Å². The van der Waals surface area contributed by atoms with Crippen molar-refractivity contribution in [2.24, 2.45) is 5.92 Å². The van der Waals surface area contributed by atoms with Crippen molar-refractivity contribution in [2.75, 3.05) is 24.7 Å². The minimum absolute atomic E-state index is 0.0976. The number of carbonyl (C=O) groups is 1. The fourth-order valence-corrected chi connectivity index (χ4v) is 5.34. The lowest BCUT2D eigenvalue weighted by Crippen LogP contribution is -2.43. The highest BCUT2D eigenvalue weighted by atomic mass is 32.2. The smallest absolute Gasteiger partial charge is 0.248 e. The zero-order valence-corrected chi connectivity index (χ0v) is 17.1. The molecule has 1 fully saturated rings. The van der Waals surface area contributed by atoms with E-state index in [2.05, 4.69) is 15.5 Å². The largest absolute Gasteiger partial charge is 0.360 e. The molecule has 1 aliphatic rings. The van der Waals surface area contributed by atoms with Gasteiger partial charge in [-0.3, -0.25) is 4.79 Å². The lowest BCUT2D eigenvalue weighted by molar-refractivity contribution is -0.120. The fraction of sp³-hybridized carbons (Fsp3) is 0.471. The molecule has 2 aromatic rings. The predicted octanol–water partition coefficient (Wildman–Crippen LogP) is 2.45. The number of thioether (sulfide) groups is 1. The molecule has 27 heavy (non-hydrogen) atoms. The summed E-state index contributed by atoms with van der Waals surface area (Å²) in [6.45, 7) is 3.68. The van der Waals surface area contributed by atoms with Crippen LogP contribution in [0.1, 0.15) is 24.3 Å². The number of aryl methyl sites for hydroxylation is 2. The highest BCUT2D eigenvalue weighted by Gasteiger charge is 2.36. The van der Waals surface area contributed by atoms with Gasteiger partial charge in [0.25, 0.3) is 0 Å². The summed E-state index contributed by atoms with van der Waals surface area (Å²) in [5.74, 6) is -0.361. The van der Waals surface area contributed by atoms with Gasteiger partial charge in [-0.15, -0.1) is 11.8 Å². The molecule has 8 nitrogen and oxygen atoms in total. The second-order valence-corrected chi connectivity index (χ2v) is 9.14. The molecular formula is C17H22N4O4S2. The van der Waals surface area contributed by atoms with E-state index in [1.165, 1.54) is 16.1 Å². The van der Waals surface area contributed by atoms with E-state index in [-0.39, 0.29) is 23.1 Å². The van der Waals surface area contributed by atoms with Gasteiger partial charge in [0.1, 0.15) is 10.6 Å². The van der Waals surface area contributed by atoms with Gasteiger partial charge in [-0.05, 0) is 45.1 Å². The molecule has 0 aliphatic carbocycles. The van der Waals surface area contributed by atoms with Crippen LogP contribution in [0.15, 0.2) is 32.8 Å². The normalized spacial score (nSPS) is 18.4.